The molecule has 2 rings (SSSR count). The number of ether oxygens (including phenoxy) is 1. The Balaban J connectivity index is 1.99. The molecule has 0 saturated carbocycles. The van der Waals surface area contributed by atoms with Crippen LogP contribution in [0.1, 0.15) is 16.2 Å². The van der Waals surface area contributed by atoms with Crippen molar-refractivity contribution in [2.45, 2.75) is 6.54 Å². The number of amides is 1. The molecule has 0 aliphatic carbocycles. The predicted molar refractivity (Wildman–Crippen MR) is 60.7 cm³/mol. The number of rotatable bonds is 4. The SMILES string of the molecule is COc1cccc(C(=O)NCc2ccco2)n1. The van der Waals surface area contributed by atoms with E-state index in [9.17, 15) is 4.79 Å². The Morgan fingerprint density at radius 2 is 2.29 bits per heavy atom. The van der Waals surface area contributed by atoms with Crippen LogP contribution in [0.5, 0.6) is 5.88 Å². The molecule has 0 unspecified atom stereocenters. The van der Waals surface area contributed by atoms with Crippen molar-refractivity contribution in [3.8, 4) is 5.88 Å². The molecule has 0 spiro atoms. The highest BCUT2D eigenvalue weighted by Crippen LogP contribution is 2.07. The first kappa shape index (κ1) is 11.2. The third kappa shape index (κ3) is 2.84. The first-order chi connectivity index (χ1) is 8.29. The predicted octanol–water partition coefficient (Wildman–Crippen LogP) is 1.61. The largest absolute Gasteiger partial charge is 0.481 e. The van der Waals surface area contributed by atoms with Crippen molar-refractivity contribution in [1.29, 1.82) is 0 Å². The Hall–Kier alpha value is -2.30. The van der Waals surface area contributed by atoms with E-state index in [0.29, 0.717) is 23.9 Å². The summed E-state index contributed by atoms with van der Waals surface area (Å²) < 4.78 is 10.1. The maximum absolute atomic E-state index is 11.7. The van der Waals surface area contributed by atoms with Gasteiger partial charge in [0.25, 0.3) is 5.91 Å². The fourth-order valence-corrected chi connectivity index (χ4v) is 1.33. The van der Waals surface area contributed by atoms with E-state index in [0.717, 1.165) is 0 Å². The van der Waals surface area contributed by atoms with Crippen LogP contribution in [-0.2, 0) is 6.54 Å². The average molecular weight is 232 g/mol. The Labute approximate surface area is 98.4 Å². The van der Waals surface area contributed by atoms with Crippen LogP contribution in [0, 0.1) is 0 Å². The molecule has 88 valence electrons. The van der Waals surface area contributed by atoms with Gasteiger partial charge in [-0.15, -0.1) is 0 Å². The minimum absolute atomic E-state index is 0.264. The quantitative estimate of drug-likeness (QED) is 0.869. The van der Waals surface area contributed by atoms with Crippen LogP contribution in [0.4, 0.5) is 0 Å². The molecule has 1 N–H and O–H groups in total. The molecule has 0 atom stereocenters. The van der Waals surface area contributed by atoms with Crippen molar-refractivity contribution >= 4 is 5.91 Å². The lowest BCUT2D eigenvalue weighted by Gasteiger charge is -2.04. The second kappa shape index (κ2) is 5.16. The molecule has 5 heteroatoms. The first-order valence-corrected chi connectivity index (χ1v) is 5.11. The minimum Gasteiger partial charge on any atom is -0.481 e. The standard InChI is InChI=1S/C12H12N2O3/c1-16-11-6-2-5-10(14-11)12(15)13-8-9-4-3-7-17-9/h2-7H,8H2,1H3,(H,13,15). The summed E-state index contributed by atoms with van der Waals surface area (Å²) in [5, 5.41) is 2.70. The average Bonchev–Trinajstić information content (AvgIpc) is 2.89. The molecule has 17 heavy (non-hydrogen) atoms. The highest BCUT2D eigenvalue weighted by atomic mass is 16.5. The highest BCUT2D eigenvalue weighted by Gasteiger charge is 2.08. The number of pyridine rings is 1. The molecule has 0 radical (unpaired) electrons. The molecular weight excluding hydrogens is 220 g/mol. The maximum Gasteiger partial charge on any atom is 0.270 e. The summed E-state index contributed by atoms with van der Waals surface area (Å²) in [6.07, 6.45) is 1.56. The monoisotopic (exact) mass is 232 g/mol. The highest BCUT2D eigenvalue weighted by molar-refractivity contribution is 5.92. The summed E-state index contributed by atoms with van der Waals surface area (Å²) >= 11 is 0. The van der Waals surface area contributed by atoms with Crippen LogP contribution >= 0.6 is 0 Å². The van der Waals surface area contributed by atoms with Crippen molar-refractivity contribution in [3.63, 3.8) is 0 Å². The summed E-state index contributed by atoms with van der Waals surface area (Å²) in [5.74, 6) is 0.845. The van der Waals surface area contributed by atoms with Gasteiger partial charge in [-0.2, -0.15) is 0 Å². The van der Waals surface area contributed by atoms with Gasteiger partial charge in [0.05, 0.1) is 19.9 Å². The lowest BCUT2D eigenvalue weighted by molar-refractivity contribution is 0.0942. The molecule has 2 aromatic rings. The van der Waals surface area contributed by atoms with Crippen LogP contribution in [0.2, 0.25) is 0 Å². The molecule has 2 aromatic heterocycles. The zero-order valence-corrected chi connectivity index (χ0v) is 9.34. The van der Waals surface area contributed by atoms with Crippen molar-refractivity contribution < 1.29 is 13.9 Å². The van der Waals surface area contributed by atoms with Crippen molar-refractivity contribution in [3.05, 3.63) is 48.0 Å². The fourth-order valence-electron chi connectivity index (χ4n) is 1.33. The number of aromatic nitrogens is 1. The summed E-state index contributed by atoms with van der Waals surface area (Å²) in [6, 6.07) is 8.58. The molecule has 2 heterocycles. The summed E-state index contributed by atoms with van der Waals surface area (Å²) in [5.41, 5.74) is 0.316. The Kier molecular flexibility index (Phi) is 3.40. The van der Waals surface area contributed by atoms with Gasteiger partial charge in [-0.3, -0.25) is 4.79 Å². The van der Waals surface area contributed by atoms with Crippen LogP contribution < -0.4 is 10.1 Å². The second-order valence-corrected chi connectivity index (χ2v) is 3.33. The number of carbonyl (C=O) groups excluding carboxylic acids is 1. The number of furan rings is 1. The topological polar surface area (TPSA) is 64.4 Å². The smallest absolute Gasteiger partial charge is 0.270 e. The summed E-state index contributed by atoms with van der Waals surface area (Å²) in [7, 11) is 1.51. The van der Waals surface area contributed by atoms with E-state index in [2.05, 4.69) is 10.3 Å². The molecule has 0 bridgehead atoms. The van der Waals surface area contributed by atoms with Crippen LogP contribution in [0.25, 0.3) is 0 Å². The van der Waals surface area contributed by atoms with Gasteiger partial charge in [-0.05, 0) is 18.2 Å². The molecule has 0 aliphatic heterocycles. The van der Waals surface area contributed by atoms with Gasteiger partial charge in [0.2, 0.25) is 5.88 Å². The molecule has 0 aromatic carbocycles. The van der Waals surface area contributed by atoms with E-state index in [1.807, 2.05) is 0 Å². The minimum atomic E-state index is -0.264. The molecule has 0 aliphatic rings. The third-order valence-corrected chi connectivity index (χ3v) is 2.17. The van der Waals surface area contributed by atoms with E-state index in [1.165, 1.54) is 7.11 Å². The van der Waals surface area contributed by atoms with Crippen LogP contribution in [0.15, 0.2) is 41.0 Å². The lowest BCUT2D eigenvalue weighted by Crippen LogP contribution is -2.23. The van der Waals surface area contributed by atoms with Crippen molar-refractivity contribution in [2.24, 2.45) is 0 Å². The van der Waals surface area contributed by atoms with Crippen molar-refractivity contribution in [2.75, 3.05) is 7.11 Å². The lowest BCUT2D eigenvalue weighted by atomic mass is 10.3. The Morgan fingerprint density at radius 1 is 1.41 bits per heavy atom. The number of hydrogen-bond donors (Lipinski definition) is 1. The van der Waals surface area contributed by atoms with Gasteiger partial charge >= 0.3 is 0 Å². The fraction of sp³-hybridized carbons (Fsp3) is 0.167. The third-order valence-electron chi connectivity index (χ3n) is 2.17. The normalized spacial score (nSPS) is 9.94. The van der Waals surface area contributed by atoms with E-state index in [1.54, 1.807) is 36.6 Å². The summed E-state index contributed by atoms with van der Waals surface area (Å²) in [4.78, 5) is 15.8. The van der Waals surface area contributed by atoms with Gasteiger partial charge in [0.15, 0.2) is 0 Å². The molecule has 0 fully saturated rings. The molecular formula is C12H12N2O3. The van der Waals surface area contributed by atoms with Gasteiger partial charge in [-0.1, -0.05) is 6.07 Å². The first-order valence-electron chi connectivity index (χ1n) is 5.11. The number of nitrogens with zero attached hydrogens (tertiary/aromatic N) is 1. The zero-order valence-electron chi connectivity index (χ0n) is 9.34. The number of methoxy groups -OCH3 is 1. The van der Waals surface area contributed by atoms with Gasteiger partial charge in [-0.25, -0.2) is 4.98 Å². The zero-order chi connectivity index (χ0) is 12.1. The van der Waals surface area contributed by atoms with E-state index >= 15 is 0 Å². The Morgan fingerprint density at radius 3 is 3.00 bits per heavy atom. The van der Waals surface area contributed by atoms with Crippen LogP contribution in [0.3, 0.4) is 0 Å². The summed E-state index contributed by atoms with van der Waals surface area (Å²) in [6.45, 7) is 0.338. The van der Waals surface area contributed by atoms with Gasteiger partial charge in [0.1, 0.15) is 11.5 Å². The Bertz CT molecular complexity index is 494. The number of nitrogens with one attached hydrogen (secondary N) is 1. The molecule has 1 amide bonds. The van der Waals surface area contributed by atoms with Crippen molar-refractivity contribution in [1.82, 2.24) is 10.3 Å². The molecule has 0 saturated heterocycles. The molecule has 5 nitrogen and oxygen atoms in total. The second-order valence-electron chi connectivity index (χ2n) is 3.33. The van der Waals surface area contributed by atoms with Gasteiger partial charge < -0.3 is 14.5 Å². The van der Waals surface area contributed by atoms with E-state index in [4.69, 9.17) is 9.15 Å². The van der Waals surface area contributed by atoms with E-state index < -0.39 is 0 Å². The maximum atomic E-state index is 11.7. The van der Waals surface area contributed by atoms with E-state index in [-0.39, 0.29) is 5.91 Å². The number of carbonyl (C=O) groups is 1. The number of hydrogen-bond acceptors (Lipinski definition) is 4. The van der Waals surface area contributed by atoms with Crippen LogP contribution in [-0.4, -0.2) is 18.0 Å². The van der Waals surface area contributed by atoms with Gasteiger partial charge in [0, 0.05) is 6.07 Å².